The molecule has 0 fully saturated rings. The van der Waals surface area contributed by atoms with Gasteiger partial charge >= 0.3 is 0 Å². The number of aliphatic hydroxyl groups is 1. The summed E-state index contributed by atoms with van der Waals surface area (Å²) in [6.07, 6.45) is 0.0883. The monoisotopic (exact) mass is 183 g/mol. The average molecular weight is 183 g/mol. The molecule has 1 aromatic heterocycles. The van der Waals surface area contributed by atoms with Crippen molar-refractivity contribution in [2.24, 2.45) is 5.73 Å². The molecule has 0 radical (unpaired) electrons. The van der Waals surface area contributed by atoms with Crippen molar-refractivity contribution in [2.75, 3.05) is 0 Å². The van der Waals surface area contributed by atoms with Gasteiger partial charge in [-0.05, 0) is 26.0 Å². The lowest BCUT2D eigenvalue weighted by Crippen LogP contribution is -2.39. The van der Waals surface area contributed by atoms with Gasteiger partial charge in [0.2, 0.25) is 0 Å². The molecule has 0 aliphatic rings. The summed E-state index contributed by atoms with van der Waals surface area (Å²) >= 11 is 0. The first kappa shape index (κ1) is 10.3. The fraction of sp³-hybridized carbons (Fsp3) is 0.600. The van der Waals surface area contributed by atoms with Crippen LogP contribution in [0.1, 0.15) is 38.4 Å². The molecule has 1 rings (SSSR count). The second kappa shape index (κ2) is 3.52. The third-order valence-electron chi connectivity index (χ3n) is 2.01. The fourth-order valence-corrected chi connectivity index (χ4v) is 1.10. The lowest BCUT2D eigenvalue weighted by Gasteiger charge is -2.23. The Morgan fingerprint density at radius 1 is 1.54 bits per heavy atom. The van der Waals surface area contributed by atoms with E-state index in [1.54, 1.807) is 19.9 Å². The number of hydrogen-bond donors (Lipinski definition) is 2. The number of nitrogens with two attached hydrogens (primary N) is 1. The van der Waals surface area contributed by atoms with E-state index >= 15 is 0 Å². The quantitative estimate of drug-likeness (QED) is 0.748. The molecule has 0 saturated heterocycles. The zero-order chi connectivity index (χ0) is 10.1. The minimum absolute atomic E-state index is 0.546. The first-order valence-corrected chi connectivity index (χ1v) is 4.50. The summed E-state index contributed by atoms with van der Waals surface area (Å²) in [5, 5.41) is 9.75. The van der Waals surface area contributed by atoms with Gasteiger partial charge in [0.1, 0.15) is 17.6 Å². The molecular weight excluding hydrogens is 166 g/mol. The van der Waals surface area contributed by atoms with Crippen LogP contribution in [0.25, 0.3) is 0 Å². The molecule has 1 aromatic rings. The van der Waals surface area contributed by atoms with E-state index in [1.165, 1.54) is 0 Å². The summed E-state index contributed by atoms with van der Waals surface area (Å²) in [5.41, 5.74) is 5.09. The normalized spacial score (nSPS) is 14.5. The molecule has 3 N–H and O–H groups in total. The van der Waals surface area contributed by atoms with Gasteiger partial charge in [0.05, 0.1) is 0 Å². The molecule has 0 amide bonds. The van der Waals surface area contributed by atoms with E-state index in [1.807, 2.05) is 13.0 Å². The van der Waals surface area contributed by atoms with Crippen LogP contribution in [0.3, 0.4) is 0 Å². The van der Waals surface area contributed by atoms with E-state index in [2.05, 4.69) is 0 Å². The van der Waals surface area contributed by atoms with Crippen molar-refractivity contribution >= 4 is 0 Å². The SMILES string of the molecule is CCc1ccc(C(O)C(C)(C)N)o1. The minimum atomic E-state index is -0.743. The Kier molecular flexibility index (Phi) is 2.78. The standard InChI is InChI=1S/C10H17NO2/c1-4-7-5-6-8(13-7)9(12)10(2,3)11/h5-6,9,12H,4,11H2,1-3H3. The van der Waals surface area contributed by atoms with Gasteiger partial charge in [-0.3, -0.25) is 0 Å². The molecule has 1 unspecified atom stereocenters. The maximum absolute atomic E-state index is 9.75. The fourth-order valence-electron chi connectivity index (χ4n) is 1.10. The van der Waals surface area contributed by atoms with E-state index in [9.17, 15) is 5.11 Å². The molecule has 0 bridgehead atoms. The van der Waals surface area contributed by atoms with Crippen LogP contribution in [-0.4, -0.2) is 10.6 Å². The zero-order valence-corrected chi connectivity index (χ0v) is 8.37. The van der Waals surface area contributed by atoms with E-state index in [0.29, 0.717) is 5.76 Å². The maximum atomic E-state index is 9.75. The Hall–Kier alpha value is -0.800. The zero-order valence-electron chi connectivity index (χ0n) is 8.37. The summed E-state index contributed by atoms with van der Waals surface area (Å²) in [7, 11) is 0. The highest BCUT2D eigenvalue weighted by Crippen LogP contribution is 2.24. The van der Waals surface area contributed by atoms with Gasteiger partial charge in [0.25, 0.3) is 0 Å². The number of aryl methyl sites for hydroxylation is 1. The highest BCUT2D eigenvalue weighted by atomic mass is 16.4. The molecule has 0 saturated carbocycles. The average Bonchev–Trinajstić information content (AvgIpc) is 2.48. The lowest BCUT2D eigenvalue weighted by atomic mass is 9.97. The van der Waals surface area contributed by atoms with Crippen LogP contribution < -0.4 is 5.73 Å². The van der Waals surface area contributed by atoms with Gasteiger partial charge < -0.3 is 15.3 Å². The molecule has 0 aromatic carbocycles. The molecule has 0 spiro atoms. The Balaban J connectivity index is 2.83. The van der Waals surface area contributed by atoms with E-state index in [0.717, 1.165) is 12.2 Å². The summed E-state index contributed by atoms with van der Waals surface area (Å²) in [4.78, 5) is 0. The van der Waals surface area contributed by atoms with Crippen LogP contribution in [0.4, 0.5) is 0 Å². The van der Waals surface area contributed by atoms with Gasteiger partial charge in [-0.25, -0.2) is 0 Å². The Labute approximate surface area is 78.5 Å². The smallest absolute Gasteiger partial charge is 0.134 e. The second-order valence-electron chi connectivity index (χ2n) is 3.88. The van der Waals surface area contributed by atoms with Gasteiger partial charge in [0, 0.05) is 12.0 Å². The predicted octanol–water partition coefficient (Wildman–Crippen LogP) is 1.61. The second-order valence-corrected chi connectivity index (χ2v) is 3.88. The first-order chi connectivity index (χ1) is 5.95. The maximum Gasteiger partial charge on any atom is 0.134 e. The van der Waals surface area contributed by atoms with Crippen molar-refractivity contribution in [1.82, 2.24) is 0 Å². The third kappa shape index (κ3) is 2.32. The van der Waals surface area contributed by atoms with Gasteiger partial charge in [-0.15, -0.1) is 0 Å². The van der Waals surface area contributed by atoms with Crippen LogP contribution in [0.5, 0.6) is 0 Å². The molecule has 3 nitrogen and oxygen atoms in total. The number of rotatable bonds is 3. The Bertz CT molecular complexity index is 273. The predicted molar refractivity (Wildman–Crippen MR) is 51.3 cm³/mol. The third-order valence-corrected chi connectivity index (χ3v) is 2.01. The van der Waals surface area contributed by atoms with Crippen LogP contribution >= 0.6 is 0 Å². The highest BCUT2D eigenvalue weighted by molar-refractivity contribution is 5.12. The van der Waals surface area contributed by atoms with Gasteiger partial charge in [0.15, 0.2) is 0 Å². The number of hydrogen-bond acceptors (Lipinski definition) is 3. The van der Waals surface area contributed by atoms with Gasteiger partial charge in [-0.2, -0.15) is 0 Å². The summed E-state index contributed by atoms with van der Waals surface area (Å²) in [5.74, 6) is 1.42. The largest absolute Gasteiger partial charge is 0.463 e. The van der Waals surface area contributed by atoms with Crippen molar-refractivity contribution in [3.63, 3.8) is 0 Å². The minimum Gasteiger partial charge on any atom is -0.463 e. The lowest BCUT2D eigenvalue weighted by molar-refractivity contribution is 0.0814. The Morgan fingerprint density at radius 3 is 2.54 bits per heavy atom. The molecular formula is C10H17NO2. The van der Waals surface area contributed by atoms with Crippen LogP contribution in [0.2, 0.25) is 0 Å². The van der Waals surface area contributed by atoms with Crippen LogP contribution in [-0.2, 0) is 6.42 Å². The van der Waals surface area contributed by atoms with Crippen molar-refractivity contribution in [1.29, 1.82) is 0 Å². The van der Waals surface area contributed by atoms with E-state index in [-0.39, 0.29) is 0 Å². The van der Waals surface area contributed by atoms with Gasteiger partial charge in [-0.1, -0.05) is 6.92 Å². The summed E-state index contributed by atoms with van der Waals surface area (Å²) < 4.78 is 5.39. The molecule has 1 atom stereocenters. The highest BCUT2D eigenvalue weighted by Gasteiger charge is 2.26. The first-order valence-electron chi connectivity index (χ1n) is 4.50. The molecule has 13 heavy (non-hydrogen) atoms. The van der Waals surface area contributed by atoms with Crippen molar-refractivity contribution in [3.8, 4) is 0 Å². The molecule has 0 aliphatic carbocycles. The van der Waals surface area contributed by atoms with E-state index < -0.39 is 11.6 Å². The molecule has 0 aliphatic heterocycles. The summed E-state index contributed by atoms with van der Waals surface area (Å²) in [6.45, 7) is 5.54. The summed E-state index contributed by atoms with van der Waals surface area (Å²) in [6, 6.07) is 3.64. The van der Waals surface area contributed by atoms with Crippen LogP contribution in [0, 0.1) is 0 Å². The van der Waals surface area contributed by atoms with Crippen molar-refractivity contribution in [2.45, 2.75) is 38.8 Å². The number of furan rings is 1. The molecule has 74 valence electrons. The number of aliphatic hydroxyl groups excluding tert-OH is 1. The van der Waals surface area contributed by atoms with Crippen molar-refractivity contribution < 1.29 is 9.52 Å². The molecule has 1 heterocycles. The topological polar surface area (TPSA) is 59.4 Å². The van der Waals surface area contributed by atoms with Crippen LogP contribution in [0.15, 0.2) is 16.5 Å². The van der Waals surface area contributed by atoms with Crippen molar-refractivity contribution in [3.05, 3.63) is 23.7 Å². The van der Waals surface area contributed by atoms with E-state index in [4.69, 9.17) is 10.2 Å². The Morgan fingerprint density at radius 2 is 2.15 bits per heavy atom. The molecule has 3 heteroatoms.